The molecule has 2 rings (SSSR count). The summed E-state index contributed by atoms with van der Waals surface area (Å²) in [7, 11) is 0. The van der Waals surface area contributed by atoms with Crippen LogP contribution >= 0.6 is 0 Å². The van der Waals surface area contributed by atoms with Crippen LogP contribution in [-0.4, -0.2) is 34.0 Å². The summed E-state index contributed by atoms with van der Waals surface area (Å²) in [4.78, 5) is 25.5. The number of nitrogen functional groups attached to an aromatic ring is 1. The lowest BCUT2D eigenvalue weighted by molar-refractivity contribution is -0.156. The fourth-order valence-corrected chi connectivity index (χ4v) is 2.89. The van der Waals surface area contributed by atoms with Gasteiger partial charge in [-0.1, -0.05) is 19.1 Å². The van der Waals surface area contributed by atoms with Gasteiger partial charge in [-0.3, -0.25) is 4.79 Å². The number of aliphatic carboxylic acids is 1. The highest BCUT2D eigenvalue weighted by molar-refractivity contribution is 5.88. The van der Waals surface area contributed by atoms with Crippen molar-refractivity contribution in [3.63, 3.8) is 0 Å². The predicted molar refractivity (Wildman–Crippen MR) is 76.2 cm³/mol. The molecule has 108 valence electrons. The van der Waals surface area contributed by atoms with E-state index in [-0.39, 0.29) is 12.3 Å². The second-order valence-electron chi connectivity index (χ2n) is 5.26. The first kappa shape index (κ1) is 14.4. The highest BCUT2D eigenvalue weighted by atomic mass is 16.4. The number of rotatable bonds is 4. The van der Waals surface area contributed by atoms with E-state index in [9.17, 15) is 14.7 Å². The number of hydrogen-bond donors (Lipinski definition) is 2. The number of carbonyl (C=O) groups excluding carboxylic acids is 1. The fraction of sp³-hybridized carbons (Fsp3) is 0.467. The first-order valence-corrected chi connectivity index (χ1v) is 6.88. The maximum absolute atomic E-state index is 12.4. The molecule has 5 heteroatoms. The van der Waals surface area contributed by atoms with Crippen LogP contribution in [0.2, 0.25) is 0 Å². The summed E-state index contributed by atoms with van der Waals surface area (Å²) in [5.41, 5.74) is 6.09. The first-order chi connectivity index (χ1) is 9.49. The van der Waals surface area contributed by atoms with Crippen molar-refractivity contribution in [2.24, 2.45) is 0 Å². The Morgan fingerprint density at radius 2 is 2.00 bits per heavy atom. The quantitative estimate of drug-likeness (QED) is 0.819. The average molecular weight is 276 g/mol. The maximum atomic E-state index is 12.4. The maximum Gasteiger partial charge on any atom is 0.329 e. The Balaban J connectivity index is 2.15. The lowest BCUT2D eigenvalue weighted by Crippen LogP contribution is -2.53. The lowest BCUT2D eigenvalue weighted by Gasteiger charge is -2.34. The number of amides is 1. The summed E-state index contributed by atoms with van der Waals surface area (Å²) in [5.74, 6) is -1.03. The van der Waals surface area contributed by atoms with E-state index in [2.05, 4.69) is 0 Å². The van der Waals surface area contributed by atoms with Gasteiger partial charge in [0.15, 0.2) is 0 Å². The third kappa shape index (κ3) is 2.48. The minimum atomic E-state index is -1.02. The van der Waals surface area contributed by atoms with Gasteiger partial charge in [0.1, 0.15) is 5.54 Å². The summed E-state index contributed by atoms with van der Waals surface area (Å²) >= 11 is 0. The third-order valence-electron chi connectivity index (χ3n) is 4.11. The molecule has 0 saturated carbocycles. The zero-order chi connectivity index (χ0) is 14.8. The highest BCUT2D eigenvalue weighted by Crippen LogP contribution is 2.33. The molecule has 0 aromatic heterocycles. The van der Waals surface area contributed by atoms with E-state index >= 15 is 0 Å². The average Bonchev–Trinajstić information content (AvgIpc) is 2.86. The summed E-state index contributed by atoms with van der Waals surface area (Å²) < 4.78 is 0. The predicted octanol–water partition coefficient (Wildman–Crippen LogP) is 1.67. The van der Waals surface area contributed by atoms with Crippen molar-refractivity contribution >= 4 is 17.6 Å². The van der Waals surface area contributed by atoms with Crippen molar-refractivity contribution in [2.75, 3.05) is 12.3 Å². The monoisotopic (exact) mass is 276 g/mol. The van der Waals surface area contributed by atoms with Crippen LogP contribution < -0.4 is 5.73 Å². The van der Waals surface area contributed by atoms with Gasteiger partial charge in [0.05, 0.1) is 6.42 Å². The van der Waals surface area contributed by atoms with E-state index < -0.39 is 11.5 Å². The zero-order valence-corrected chi connectivity index (χ0v) is 11.6. The van der Waals surface area contributed by atoms with Crippen molar-refractivity contribution in [1.29, 1.82) is 0 Å². The molecule has 20 heavy (non-hydrogen) atoms. The molecule has 0 aliphatic carbocycles. The molecule has 1 aromatic rings. The molecule has 0 radical (unpaired) electrons. The normalized spacial score (nSPS) is 21.9. The molecule has 1 aliphatic heterocycles. The van der Waals surface area contributed by atoms with Crippen LogP contribution in [0.3, 0.4) is 0 Å². The van der Waals surface area contributed by atoms with Crippen LogP contribution in [0.1, 0.15) is 31.7 Å². The van der Waals surface area contributed by atoms with Crippen molar-refractivity contribution in [3.8, 4) is 0 Å². The number of nitrogens with two attached hydrogens (primary N) is 1. The van der Waals surface area contributed by atoms with Gasteiger partial charge < -0.3 is 15.7 Å². The molecule has 1 aliphatic rings. The molecule has 1 atom stereocenters. The van der Waals surface area contributed by atoms with Crippen molar-refractivity contribution < 1.29 is 14.7 Å². The summed E-state index contributed by atoms with van der Waals surface area (Å²) in [6, 6.07) is 7.10. The number of anilines is 1. The molecule has 1 fully saturated rings. The Hall–Kier alpha value is -2.04. The second kappa shape index (κ2) is 5.53. The molecule has 1 amide bonds. The van der Waals surface area contributed by atoms with E-state index in [1.807, 2.05) is 6.92 Å². The van der Waals surface area contributed by atoms with Crippen LogP contribution in [0.4, 0.5) is 5.69 Å². The van der Waals surface area contributed by atoms with Gasteiger partial charge in [-0.15, -0.1) is 0 Å². The Kier molecular flexibility index (Phi) is 3.97. The molecule has 5 nitrogen and oxygen atoms in total. The van der Waals surface area contributed by atoms with Crippen LogP contribution in [-0.2, 0) is 16.0 Å². The third-order valence-corrected chi connectivity index (χ3v) is 4.11. The minimum Gasteiger partial charge on any atom is -0.479 e. The van der Waals surface area contributed by atoms with Gasteiger partial charge in [0, 0.05) is 12.2 Å². The number of hydrogen-bond acceptors (Lipinski definition) is 3. The fourth-order valence-electron chi connectivity index (χ4n) is 2.89. The van der Waals surface area contributed by atoms with E-state index in [0.29, 0.717) is 25.1 Å². The lowest BCUT2D eigenvalue weighted by atomic mass is 9.92. The molecule has 0 spiro atoms. The van der Waals surface area contributed by atoms with Gasteiger partial charge in [0.2, 0.25) is 5.91 Å². The van der Waals surface area contributed by atoms with Crippen molar-refractivity contribution in [3.05, 3.63) is 29.8 Å². The van der Waals surface area contributed by atoms with Gasteiger partial charge in [-0.25, -0.2) is 4.79 Å². The Bertz CT molecular complexity index is 512. The molecular weight excluding hydrogens is 256 g/mol. The number of carboxylic acid groups (broad SMARTS) is 1. The standard InChI is InChI=1S/C15H20N2O3/c1-2-15(14(19)20)8-3-9-17(15)13(18)10-11-4-6-12(16)7-5-11/h4-7H,2-3,8-10,16H2,1H3,(H,19,20). The Labute approximate surface area is 118 Å². The second-order valence-corrected chi connectivity index (χ2v) is 5.26. The summed E-state index contributed by atoms with van der Waals surface area (Å²) in [6.45, 7) is 2.34. The number of nitrogens with zero attached hydrogens (tertiary/aromatic N) is 1. The van der Waals surface area contributed by atoms with Gasteiger partial charge in [-0.05, 0) is 37.0 Å². The Morgan fingerprint density at radius 1 is 1.35 bits per heavy atom. The molecular formula is C15H20N2O3. The van der Waals surface area contributed by atoms with Crippen molar-refractivity contribution in [2.45, 2.75) is 38.1 Å². The topological polar surface area (TPSA) is 83.6 Å². The number of carboxylic acids is 1. The van der Waals surface area contributed by atoms with Crippen LogP contribution in [0.5, 0.6) is 0 Å². The Morgan fingerprint density at radius 3 is 2.55 bits per heavy atom. The number of likely N-dealkylation sites (tertiary alicyclic amines) is 1. The van der Waals surface area contributed by atoms with E-state index in [1.54, 1.807) is 24.3 Å². The van der Waals surface area contributed by atoms with Crippen LogP contribution in [0.15, 0.2) is 24.3 Å². The largest absolute Gasteiger partial charge is 0.479 e. The highest BCUT2D eigenvalue weighted by Gasteiger charge is 2.48. The first-order valence-electron chi connectivity index (χ1n) is 6.88. The van der Waals surface area contributed by atoms with E-state index in [1.165, 1.54) is 4.90 Å². The molecule has 1 heterocycles. The van der Waals surface area contributed by atoms with E-state index in [4.69, 9.17) is 5.73 Å². The van der Waals surface area contributed by atoms with Gasteiger partial charge in [0.25, 0.3) is 0 Å². The van der Waals surface area contributed by atoms with Crippen LogP contribution in [0, 0.1) is 0 Å². The number of carbonyl (C=O) groups is 2. The van der Waals surface area contributed by atoms with Crippen LogP contribution in [0.25, 0.3) is 0 Å². The molecule has 1 unspecified atom stereocenters. The van der Waals surface area contributed by atoms with Gasteiger partial charge >= 0.3 is 5.97 Å². The molecule has 3 N–H and O–H groups in total. The summed E-state index contributed by atoms with van der Waals surface area (Å²) in [6.07, 6.45) is 1.94. The molecule has 1 aromatic carbocycles. The minimum absolute atomic E-state index is 0.128. The number of benzene rings is 1. The smallest absolute Gasteiger partial charge is 0.329 e. The van der Waals surface area contributed by atoms with E-state index in [0.717, 1.165) is 12.0 Å². The SMILES string of the molecule is CCC1(C(=O)O)CCCN1C(=O)Cc1ccc(N)cc1. The molecule has 0 bridgehead atoms. The summed E-state index contributed by atoms with van der Waals surface area (Å²) in [5, 5.41) is 9.48. The van der Waals surface area contributed by atoms with Gasteiger partial charge in [-0.2, -0.15) is 0 Å². The molecule has 1 saturated heterocycles. The zero-order valence-electron chi connectivity index (χ0n) is 11.6. The van der Waals surface area contributed by atoms with Crippen molar-refractivity contribution in [1.82, 2.24) is 4.90 Å².